The maximum atomic E-state index is 12.6. The minimum Gasteiger partial charge on any atom is -0.487 e. The molecule has 31 heavy (non-hydrogen) atoms. The lowest BCUT2D eigenvalue weighted by Crippen LogP contribution is -2.19. The largest absolute Gasteiger partial charge is 0.487 e. The van der Waals surface area contributed by atoms with Crippen molar-refractivity contribution < 1.29 is 9.53 Å². The van der Waals surface area contributed by atoms with Crippen LogP contribution in [0.4, 0.5) is 0 Å². The van der Waals surface area contributed by atoms with E-state index in [0.29, 0.717) is 22.9 Å². The minimum absolute atomic E-state index is 0.297. The number of nitrogens with zero attached hydrogens (tertiary/aromatic N) is 2. The lowest BCUT2D eigenvalue weighted by molar-refractivity contribution is 0.0955. The number of benzene rings is 3. The molecule has 0 radical (unpaired) electrons. The van der Waals surface area contributed by atoms with Crippen molar-refractivity contribution in [2.75, 3.05) is 0 Å². The minimum atomic E-state index is -0.297. The second-order valence-corrected chi connectivity index (χ2v) is 7.18. The number of ether oxygens (including phenoxy) is 1. The van der Waals surface area contributed by atoms with Crippen LogP contribution in [0.25, 0.3) is 5.69 Å². The number of rotatable bonds is 7. The van der Waals surface area contributed by atoms with Gasteiger partial charge < -0.3 is 9.30 Å². The summed E-state index contributed by atoms with van der Waals surface area (Å²) >= 11 is 6.33. The van der Waals surface area contributed by atoms with E-state index in [1.165, 1.54) is 0 Å². The van der Waals surface area contributed by atoms with E-state index in [-0.39, 0.29) is 5.91 Å². The summed E-state index contributed by atoms with van der Waals surface area (Å²) in [6.45, 7) is 0.435. The Kier molecular flexibility index (Phi) is 6.45. The van der Waals surface area contributed by atoms with Crippen molar-refractivity contribution >= 4 is 23.7 Å². The first-order chi connectivity index (χ1) is 15.2. The summed E-state index contributed by atoms with van der Waals surface area (Å²) in [5, 5.41) is 4.55. The van der Waals surface area contributed by atoms with Crippen LogP contribution in [0.1, 0.15) is 21.5 Å². The third-order valence-corrected chi connectivity index (χ3v) is 4.90. The van der Waals surface area contributed by atoms with E-state index in [0.717, 1.165) is 16.8 Å². The third kappa shape index (κ3) is 5.21. The zero-order valence-electron chi connectivity index (χ0n) is 16.6. The van der Waals surface area contributed by atoms with Crippen molar-refractivity contribution in [3.8, 4) is 11.4 Å². The molecule has 0 bridgehead atoms. The van der Waals surface area contributed by atoms with Crippen LogP contribution in [-0.2, 0) is 6.61 Å². The Morgan fingerprint density at radius 3 is 2.48 bits per heavy atom. The summed E-state index contributed by atoms with van der Waals surface area (Å²) in [6, 6.07) is 26.4. The number of hydrazone groups is 1. The summed E-state index contributed by atoms with van der Waals surface area (Å²) in [5.74, 6) is 0.293. The molecule has 0 aliphatic rings. The van der Waals surface area contributed by atoms with E-state index >= 15 is 0 Å². The molecule has 1 N–H and O–H groups in total. The van der Waals surface area contributed by atoms with Crippen LogP contribution in [0, 0.1) is 0 Å². The fraction of sp³-hybridized carbons (Fsp3) is 0.0400. The third-order valence-electron chi connectivity index (χ3n) is 4.60. The van der Waals surface area contributed by atoms with Crippen molar-refractivity contribution in [1.82, 2.24) is 9.99 Å². The molecule has 1 aromatic heterocycles. The first kappa shape index (κ1) is 20.4. The first-order valence-corrected chi connectivity index (χ1v) is 10.1. The molecule has 0 spiro atoms. The Morgan fingerprint density at radius 1 is 0.968 bits per heavy atom. The first-order valence-electron chi connectivity index (χ1n) is 9.73. The molecule has 1 heterocycles. The Labute approximate surface area is 185 Å². The molecule has 0 saturated heterocycles. The number of nitrogens with one attached hydrogen (secondary N) is 1. The van der Waals surface area contributed by atoms with Crippen LogP contribution in [0.3, 0.4) is 0 Å². The number of para-hydroxylation sites is 1. The highest BCUT2D eigenvalue weighted by Crippen LogP contribution is 2.26. The van der Waals surface area contributed by atoms with Gasteiger partial charge in [0.2, 0.25) is 0 Å². The second-order valence-electron chi connectivity index (χ2n) is 6.77. The molecule has 0 atom stereocenters. The maximum absolute atomic E-state index is 12.6. The van der Waals surface area contributed by atoms with Gasteiger partial charge >= 0.3 is 0 Å². The molecule has 5 nitrogen and oxygen atoms in total. The van der Waals surface area contributed by atoms with Gasteiger partial charge in [0.1, 0.15) is 12.4 Å². The van der Waals surface area contributed by atoms with E-state index in [1.807, 2.05) is 83.7 Å². The zero-order chi connectivity index (χ0) is 21.5. The SMILES string of the molecule is O=C(N/N=C\c1ccc(OCc2ccccc2)c(Cl)c1)c1ccccc1-n1cccc1. The number of hydrogen-bond acceptors (Lipinski definition) is 3. The van der Waals surface area contributed by atoms with Crippen molar-refractivity contribution in [2.24, 2.45) is 5.10 Å². The van der Waals surface area contributed by atoms with Crippen LogP contribution in [-0.4, -0.2) is 16.7 Å². The fourth-order valence-electron chi connectivity index (χ4n) is 3.06. The quantitative estimate of drug-likeness (QED) is 0.312. The lowest BCUT2D eigenvalue weighted by atomic mass is 10.1. The lowest BCUT2D eigenvalue weighted by Gasteiger charge is -2.09. The van der Waals surface area contributed by atoms with Crippen LogP contribution in [0.15, 0.2) is 102 Å². The smallest absolute Gasteiger partial charge is 0.273 e. The summed E-state index contributed by atoms with van der Waals surface area (Å²) in [5.41, 5.74) is 5.69. The van der Waals surface area contributed by atoms with Gasteiger partial charge in [-0.05, 0) is 53.6 Å². The Morgan fingerprint density at radius 2 is 1.71 bits per heavy atom. The highest BCUT2D eigenvalue weighted by molar-refractivity contribution is 6.32. The Hall–Kier alpha value is -3.83. The van der Waals surface area contributed by atoms with Gasteiger partial charge in [0.05, 0.1) is 22.5 Å². The van der Waals surface area contributed by atoms with Crippen molar-refractivity contribution in [3.63, 3.8) is 0 Å². The molecule has 0 aliphatic heterocycles. The number of hydrogen-bond donors (Lipinski definition) is 1. The van der Waals surface area contributed by atoms with Gasteiger partial charge in [-0.25, -0.2) is 5.43 Å². The number of amides is 1. The van der Waals surface area contributed by atoms with E-state index < -0.39 is 0 Å². The van der Waals surface area contributed by atoms with Crippen LogP contribution < -0.4 is 10.2 Å². The van der Waals surface area contributed by atoms with Crippen molar-refractivity contribution in [2.45, 2.75) is 6.61 Å². The summed E-state index contributed by atoms with van der Waals surface area (Å²) < 4.78 is 7.66. The molecule has 0 aliphatic carbocycles. The van der Waals surface area contributed by atoms with Crippen molar-refractivity contribution in [1.29, 1.82) is 0 Å². The average molecular weight is 430 g/mol. The van der Waals surface area contributed by atoms with E-state index in [1.54, 1.807) is 24.4 Å². The number of aromatic nitrogens is 1. The fourth-order valence-corrected chi connectivity index (χ4v) is 3.30. The van der Waals surface area contributed by atoms with Gasteiger partial charge in [0.25, 0.3) is 5.91 Å². The summed E-state index contributed by atoms with van der Waals surface area (Å²) in [6.07, 6.45) is 5.32. The monoisotopic (exact) mass is 429 g/mol. The van der Waals surface area contributed by atoms with Crippen LogP contribution in [0.5, 0.6) is 5.75 Å². The second kappa shape index (κ2) is 9.78. The van der Waals surface area contributed by atoms with E-state index in [9.17, 15) is 4.79 Å². The highest BCUT2D eigenvalue weighted by atomic mass is 35.5. The van der Waals surface area contributed by atoms with E-state index in [4.69, 9.17) is 16.3 Å². The summed E-state index contributed by atoms with van der Waals surface area (Å²) in [4.78, 5) is 12.6. The highest BCUT2D eigenvalue weighted by Gasteiger charge is 2.11. The zero-order valence-corrected chi connectivity index (χ0v) is 17.4. The molecule has 1 amide bonds. The Bertz CT molecular complexity index is 1190. The molecule has 3 aromatic carbocycles. The molecule has 4 rings (SSSR count). The van der Waals surface area contributed by atoms with Gasteiger partial charge in [-0.2, -0.15) is 5.10 Å². The average Bonchev–Trinajstić information content (AvgIpc) is 3.34. The van der Waals surface area contributed by atoms with Crippen molar-refractivity contribution in [3.05, 3.63) is 119 Å². The molecule has 6 heteroatoms. The molecule has 4 aromatic rings. The topological polar surface area (TPSA) is 55.6 Å². The maximum Gasteiger partial charge on any atom is 0.273 e. The molecular weight excluding hydrogens is 410 g/mol. The van der Waals surface area contributed by atoms with Gasteiger partial charge in [0, 0.05) is 12.4 Å². The van der Waals surface area contributed by atoms with Gasteiger partial charge in [-0.15, -0.1) is 0 Å². The number of carbonyl (C=O) groups excluding carboxylic acids is 1. The van der Waals surface area contributed by atoms with Gasteiger partial charge in [-0.3, -0.25) is 4.79 Å². The van der Waals surface area contributed by atoms with Gasteiger partial charge in [-0.1, -0.05) is 54.1 Å². The van der Waals surface area contributed by atoms with E-state index in [2.05, 4.69) is 10.5 Å². The molecule has 0 saturated carbocycles. The number of carbonyl (C=O) groups is 1. The predicted molar refractivity (Wildman–Crippen MR) is 123 cm³/mol. The van der Waals surface area contributed by atoms with Gasteiger partial charge in [0.15, 0.2) is 0 Å². The standard InChI is InChI=1S/C25H20ClN3O2/c26-22-16-20(12-13-24(22)31-18-19-8-2-1-3-9-19)17-27-28-25(30)21-10-4-5-11-23(21)29-14-6-7-15-29/h1-17H,18H2,(H,28,30)/b27-17-. The normalized spacial score (nSPS) is 10.9. The van der Waals surface area contributed by atoms with Crippen LogP contribution >= 0.6 is 11.6 Å². The van der Waals surface area contributed by atoms with Crippen LogP contribution in [0.2, 0.25) is 5.02 Å². The molecule has 0 fully saturated rings. The predicted octanol–water partition coefficient (Wildman–Crippen LogP) is 5.47. The molecule has 154 valence electrons. The summed E-state index contributed by atoms with van der Waals surface area (Å²) in [7, 11) is 0. The Balaban J connectivity index is 1.39. The number of halogens is 1. The molecule has 0 unspecified atom stereocenters. The molecular formula is C25H20ClN3O2.